The lowest BCUT2D eigenvalue weighted by Crippen LogP contribution is -2.05. The molecule has 4 rings (SSSR count). The molecule has 5 nitrogen and oxygen atoms in total. The zero-order valence-electron chi connectivity index (χ0n) is 16.8. The van der Waals surface area contributed by atoms with Crippen molar-refractivity contribution in [1.82, 2.24) is 0 Å². The van der Waals surface area contributed by atoms with Crippen LogP contribution in [0.25, 0.3) is 6.08 Å². The number of halogens is 3. The largest absolute Gasteiger partial charge is 0.493 e. The van der Waals surface area contributed by atoms with Gasteiger partial charge in [-0.1, -0.05) is 28.1 Å². The summed E-state index contributed by atoms with van der Waals surface area (Å²) in [4.78, 5) is 16.5. The van der Waals surface area contributed by atoms with Crippen molar-refractivity contribution in [2.75, 3.05) is 7.11 Å². The van der Waals surface area contributed by atoms with Gasteiger partial charge in [0.1, 0.15) is 12.4 Å². The lowest BCUT2D eigenvalue weighted by atomic mass is 10.1. The third kappa shape index (κ3) is 5.18. The van der Waals surface area contributed by atoms with Gasteiger partial charge >= 0.3 is 5.97 Å². The molecule has 0 unspecified atom stereocenters. The number of hydrogen-bond acceptors (Lipinski definition) is 5. The van der Waals surface area contributed by atoms with E-state index < -0.39 is 5.97 Å². The number of rotatable bonds is 6. The molecule has 3 aromatic rings. The van der Waals surface area contributed by atoms with Crippen LogP contribution >= 0.6 is 38.5 Å². The Labute approximate surface area is 206 Å². The second kappa shape index (κ2) is 9.83. The fourth-order valence-electron chi connectivity index (χ4n) is 3.03. The van der Waals surface area contributed by atoms with Gasteiger partial charge in [0.25, 0.3) is 0 Å². The van der Waals surface area contributed by atoms with Crippen LogP contribution in [-0.2, 0) is 16.1 Å². The van der Waals surface area contributed by atoms with Crippen LogP contribution in [0.5, 0.6) is 11.5 Å². The maximum absolute atomic E-state index is 13.1. The van der Waals surface area contributed by atoms with Crippen molar-refractivity contribution >= 4 is 56.5 Å². The lowest BCUT2D eigenvalue weighted by Gasteiger charge is -2.14. The van der Waals surface area contributed by atoms with Crippen LogP contribution in [0, 0.1) is 9.39 Å². The summed E-state index contributed by atoms with van der Waals surface area (Å²) >= 11 is 5.62. The third-order valence-corrected chi connectivity index (χ3v) is 5.83. The van der Waals surface area contributed by atoms with E-state index in [2.05, 4.69) is 43.5 Å². The summed E-state index contributed by atoms with van der Waals surface area (Å²) in [6.07, 6.45) is 1.61. The van der Waals surface area contributed by atoms with Crippen LogP contribution < -0.4 is 9.47 Å². The molecule has 8 heteroatoms. The summed E-state index contributed by atoms with van der Waals surface area (Å²) in [6, 6.07) is 17.1. The van der Waals surface area contributed by atoms with Gasteiger partial charge in [-0.05, 0) is 88.3 Å². The van der Waals surface area contributed by atoms with Crippen molar-refractivity contribution in [2.24, 2.45) is 4.99 Å². The highest BCUT2D eigenvalue weighted by Crippen LogP contribution is 2.35. The van der Waals surface area contributed by atoms with E-state index in [9.17, 15) is 9.18 Å². The normalized spacial score (nSPS) is 14.3. The average molecular weight is 608 g/mol. The van der Waals surface area contributed by atoms with Crippen molar-refractivity contribution in [2.45, 2.75) is 6.61 Å². The summed E-state index contributed by atoms with van der Waals surface area (Å²) < 4.78 is 31.7. The Kier molecular flexibility index (Phi) is 6.90. The van der Waals surface area contributed by atoms with E-state index in [0.717, 1.165) is 13.6 Å². The topological polar surface area (TPSA) is 57.1 Å². The molecule has 1 aliphatic rings. The first-order valence-electron chi connectivity index (χ1n) is 9.46. The second-order valence-electron chi connectivity index (χ2n) is 6.80. The number of carbonyl (C=O) groups excluding carboxylic acids is 1. The molecule has 0 spiro atoms. The van der Waals surface area contributed by atoms with Gasteiger partial charge in [-0.3, -0.25) is 0 Å². The first-order chi connectivity index (χ1) is 15.4. The van der Waals surface area contributed by atoms with E-state index >= 15 is 0 Å². The van der Waals surface area contributed by atoms with Gasteiger partial charge in [0.2, 0.25) is 5.90 Å². The maximum atomic E-state index is 13.1. The number of benzene rings is 3. The van der Waals surface area contributed by atoms with E-state index in [0.29, 0.717) is 29.2 Å². The fourth-order valence-corrected chi connectivity index (χ4v) is 4.26. The van der Waals surface area contributed by atoms with Crippen LogP contribution in [-0.4, -0.2) is 19.0 Å². The molecule has 0 atom stereocenters. The first-order valence-corrected chi connectivity index (χ1v) is 11.3. The summed E-state index contributed by atoms with van der Waals surface area (Å²) in [7, 11) is 1.56. The molecule has 1 heterocycles. The minimum absolute atomic E-state index is 0.136. The smallest absolute Gasteiger partial charge is 0.363 e. The van der Waals surface area contributed by atoms with Crippen molar-refractivity contribution in [3.8, 4) is 11.5 Å². The number of hydrogen-bond donors (Lipinski definition) is 0. The van der Waals surface area contributed by atoms with E-state index in [-0.39, 0.29) is 17.4 Å². The monoisotopic (exact) mass is 607 g/mol. The third-order valence-electron chi connectivity index (χ3n) is 4.54. The van der Waals surface area contributed by atoms with Crippen LogP contribution in [0.2, 0.25) is 0 Å². The molecule has 3 aromatic carbocycles. The van der Waals surface area contributed by atoms with Gasteiger partial charge in [0.15, 0.2) is 17.2 Å². The molecule has 0 radical (unpaired) electrons. The highest BCUT2D eigenvalue weighted by atomic mass is 127. The predicted molar refractivity (Wildman–Crippen MR) is 131 cm³/mol. The number of esters is 1. The Bertz CT molecular complexity index is 1240. The van der Waals surface area contributed by atoms with Crippen LogP contribution in [0.4, 0.5) is 4.39 Å². The zero-order valence-corrected chi connectivity index (χ0v) is 20.5. The molecule has 0 N–H and O–H groups in total. The number of aliphatic imine (C=N–C) groups is 1. The van der Waals surface area contributed by atoms with Gasteiger partial charge in [-0.25, -0.2) is 14.2 Å². The van der Waals surface area contributed by atoms with Crippen LogP contribution in [0.3, 0.4) is 0 Å². The van der Waals surface area contributed by atoms with Crippen molar-refractivity contribution < 1.29 is 23.4 Å². The van der Waals surface area contributed by atoms with Gasteiger partial charge < -0.3 is 14.2 Å². The minimum atomic E-state index is -0.576. The molecule has 0 amide bonds. The molecule has 1 aliphatic heterocycles. The molecule has 0 saturated heterocycles. The predicted octanol–water partition coefficient (Wildman–Crippen LogP) is 6.12. The summed E-state index contributed by atoms with van der Waals surface area (Å²) in [5, 5.41) is 0. The first kappa shape index (κ1) is 22.5. The quantitative estimate of drug-likeness (QED) is 0.192. The lowest BCUT2D eigenvalue weighted by molar-refractivity contribution is -0.129. The van der Waals surface area contributed by atoms with Crippen LogP contribution in [0.1, 0.15) is 16.7 Å². The number of methoxy groups -OCH3 is 1. The summed E-state index contributed by atoms with van der Waals surface area (Å²) in [6.45, 7) is 0.379. The van der Waals surface area contributed by atoms with E-state index in [1.165, 1.54) is 24.3 Å². The van der Waals surface area contributed by atoms with Gasteiger partial charge in [-0.2, -0.15) is 0 Å². The Hall–Kier alpha value is -2.72. The average Bonchev–Trinajstić information content (AvgIpc) is 3.13. The van der Waals surface area contributed by atoms with Gasteiger partial charge in [0, 0.05) is 10.0 Å². The van der Waals surface area contributed by atoms with E-state index in [1.54, 1.807) is 19.3 Å². The molecule has 0 saturated carbocycles. The molecule has 0 fully saturated rings. The maximum Gasteiger partial charge on any atom is 0.363 e. The highest BCUT2D eigenvalue weighted by molar-refractivity contribution is 14.1. The van der Waals surface area contributed by atoms with Crippen molar-refractivity contribution in [3.63, 3.8) is 0 Å². The molecule has 0 bridgehead atoms. The highest BCUT2D eigenvalue weighted by Gasteiger charge is 2.24. The standard InChI is InChI=1S/C24H16BrFINO4/c1-30-21-12-15(10-19(27)22(21)31-13-14-3-2-4-17(25)9-14)11-20-24(29)32-23(28-20)16-5-7-18(26)8-6-16/h2-12H,13H2,1H3/b20-11+. The number of ether oxygens (including phenoxy) is 3. The van der Waals surface area contributed by atoms with Crippen molar-refractivity contribution in [3.05, 3.63) is 96.9 Å². The van der Waals surface area contributed by atoms with Crippen LogP contribution in [0.15, 0.2) is 75.8 Å². The van der Waals surface area contributed by atoms with Gasteiger partial charge in [0.05, 0.1) is 10.7 Å². The molecule has 0 aromatic heterocycles. The van der Waals surface area contributed by atoms with E-state index in [4.69, 9.17) is 14.2 Å². The zero-order chi connectivity index (χ0) is 22.7. The number of nitrogens with zero attached hydrogens (tertiary/aromatic N) is 1. The number of cyclic esters (lactones) is 1. The SMILES string of the molecule is COc1cc(/C=C2/N=C(c3ccc(F)cc3)OC2=O)cc(I)c1OCc1cccc(Br)c1. The Morgan fingerprint density at radius 1 is 1.16 bits per heavy atom. The molecule has 32 heavy (non-hydrogen) atoms. The van der Waals surface area contributed by atoms with Crippen molar-refractivity contribution in [1.29, 1.82) is 0 Å². The fraction of sp³-hybridized carbons (Fsp3) is 0.0833. The van der Waals surface area contributed by atoms with E-state index in [1.807, 2.05) is 30.3 Å². The summed E-state index contributed by atoms with van der Waals surface area (Å²) in [5.41, 5.74) is 2.38. The minimum Gasteiger partial charge on any atom is -0.493 e. The Balaban J connectivity index is 1.59. The van der Waals surface area contributed by atoms with Gasteiger partial charge in [-0.15, -0.1) is 0 Å². The molecular weight excluding hydrogens is 592 g/mol. The molecule has 162 valence electrons. The summed E-state index contributed by atoms with van der Waals surface area (Å²) in [5.74, 6) is 0.330. The second-order valence-corrected chi connectivity index (χ2v) is 8.87. The molecule has 0 aliphatic carbocycles. The Morgan fingerprint density at radius 3 is 2.66 bits per heavy atom. The molecular formula is C24H16BrFINO4. The number of carbonyl (C=O) groups is 1. The Morgan fingerprint density at radius 2 is 1.94 bits per heavy atom.